The van der Waals surface area contributed by atoms with Crippen molar-refractivity contribution < 1.29 is 0 Å². The van der Waals surface area contributed by atoms with Gasteiger partial charge in [-0.05, 0) is 69.7 Å². The summed E-state index contributed by atoms with van der Waals surface area (Å²) < 4.78 is 0. The van der Waals surface area contributed by atoms with E-state index in [0.29, 0.717) is 0 Å². The monoisotopic (exact) mass is 268 g/mol. The van der Waals surface area contributed by atoms with Crippen molar-refractivity contribution in [3.05, 3.63) is 0 Å². The van der Waals surface area contributed by atoms with Crippen LogP contribution in [0.4, 0.5) is 0 Å². The Morgan fingerprint density at radius 2 is 1.26 bits per heavy atom. The molecule has 0 atom stereocenters. The van der Waals surface area contributed by atoms with Gasteiger partial charge in [0.1, 0.15) is 0 Å². The average Bonchev–Trinajstić information content (AvgIpc) is 2.44. The summed E-state index contributed by atoms with van der Waals surface area (Å²) >= 11 is 0. The van der Waals surface area contributed by atoms with Gasteiger partial charge in [-0.3, -0.25) is 0 Å². The van der Waals surface area contributed by atoms with Crippen LogP contribution in [-0.4, -0.2) is 49.1 Å². The summed E-state index contributed by atoms with van der Waals surface area (Å²) in [5.41, 5.74) is 0.721. The fraction of sp³-hybridized carbons (Fsp3) is 1.00. The van der Waals surface area contributed by atoms with Gasteiger partial charge in [-0.25, -0.2) is 0 Å². The third kappa shape index (κ3) is 5.07. The van der Waals surface area contributed by atoms with Crippen molar-refractivity contribution in [2.45, 2.75) is 60.3 Å². The third-order valence-electron chi connectivity index (χ3n) is 4.90. The summed E-state index contributed by atoms with van der Waals surface area (Å²) in [5.74, 6) is 0.825. The lowest BCUT2D eigenvalue weighted by molar-refractivity contribution is 0.0331. The molecule has 0 aromatic heterocycles. The fourth-order valence-electron chi connectivity index (χ4n) is 3.57. The Bertz CT molecular complexity index is 219. The Morgan fingerprint density at radius 1 is 0.842 bits per heavy atom. The topological polar surface area (TPSA) is 6.48 Å². The van der Waals surface area contributed by atoms with Gasteiger partial charge < -0.3 is 9.80 Å². The maximum Gasteiger partial charge on any atom is 0.000439 e. The molecule has 0 aromatic carbocycles. The zero-order valence-corrected chi connectivity index (χ0v) is 14.0. The van der Waals surface area contributed by atoms with Gasteiger partial charge in [-0.15, -0.1) is 0 Å². The van der Waals surface area contributed by atoms with E-state index >= 15 is 0 Å². The highest BCUT2D eigenvalue weighted by molar-refractivity contribution is 4.90. The zero-order valence-electron chi connectivity index (χ0n) is 14.0. The van der Waals surface area contributed by atoms with E-state index in [2.05, 4.69) is 30.6 Å². The van der Waals surface area contributed by atoms with Crippen LogP contribution in [0.5, 0.6) is 0 Å². The van der Waals surface area contributed by atoms with Crippen LogP contribution in [0, 0.1) is 11.3 Å². The molecule has 2 heteroatoms. The van der Waals surface area contributed by atoms with Gasteiger partial charge >= 0.3 is 0 Å². The Hall–Kier alpha value is -0.0800. The van der Waals surface area contributed by atoms with Crippen molar-refractivity contribution in [3.63, 3.8) is 0 Å². The van der Waals surface area contributed by atoms with E-state index in [1.165, 1.54) is 65.0 Å². The largest absolute Gasteiger partial charge is 0.304 e. The highest BCUT2D eigenvalue weighted by Crippen LogP contribution is 2.41. The maximum absolute atomic E-state index is 2.68. The van der Waals surface area contributed by atoms with Crippen molar-refractivity contribution >= 4 is 0 Å². The van der Waals surface area contributed by atoms with E-state index in [1.807, 2.05) is 13.8 Å². The van der Waals surface area contributed by atoms with E-state index in [0.717, 1.165) is 11.3 Å². The van der Waals surface area contributed by atoms with Crippen LogP contribution < -0.4 is 0 Å². The molecule has 0 N–H and O–H groups in total. The smallest absolute Gasteiger partial charge is 0.000439 e. The molecule has 1 spiro atoms. The minimum absolute atomic E-state index is 0.721. The molecule has 0 radical (unpaired) electrons. The quantitative estimate of drug-likeness (QED) is 0.767. The molecule has 0 aromatic rings. The molecule has 2 saturated heterocycles. The van der Waals surface area contributed by atoms with Crippen molar-refractivity contribution in [3.8, 4) is 0 Å². The van der Waals surface area contributed by atoms with E-state index in [9.17, 15) is 0 Å². The fourth-order valence-corrected chi connectivity index (χ4v) is 3.57. The first kappa shape index (κ1) is 17.0. The van der Waals surface area contributed by atoms with Crippen LogP contribution >= 0.6 is 0 Å². The Kier molecular flexibility index (Phi) is 7.38. The number of hydrogen-bond donors (Lipinski definition) is 0. The van der Waals surface area contributed by atoms with Gasteiger partial charge in [0.2, 0.25) is 0 Å². The molecule has 2 aliphatic heterocycles. The summed E-state index contributed by atoms with van der Waals surface area (Å²) in [6.45, 7) is 18.9. The number of hydrogen-bond acceptors (Lipinski definition) is 2. The van der Waals surface area contributed by atoms with Crippen LogP contribution in [-0.2, 0) is 0 Å². The summed E-state index contributed by atoms with van der Waals surface area (Å²) in [5, 5.41) is 0. The van der Waals surface area contributed by atoms with Crippen molar-refractivity contribution in [1.82, 2.24) is 9.80 Å². The second-order valence-electron chi connectivity index (χ2n) is 6.63. The number of rotatable bonds is 3. The molecule has 2 rings (SSSR count). The summed E-state index contributed by atoms with van der Waals surface area (Å²) in [4.78, 5) is 5.30. The highest BCUT2D eigenvalue weighted by Gasteiger charge is 2.36. The molecule has 0 amide bonds. The third-order valence-corrected chi connectivity index (χ3v) is 4.90. The van der Waals surface area contributed by atoms with E-state index in [4.69, 9.17) is 0 Å². The Balaban J connectivity index is 0.000000861. The molecule has 0 bridgehead atoms. The molecule has 0 aliphatic carbocycles. The molecule has 0 unspecified atom stereocenters. The summed E-state index contributed by atoms with van der Waals surface area (Å²) in [7, 11) is 0. The second-order valence-corrected chi connectivity index (χ2v) is 6.63. The van der Waals surface area contributed by atoms with Crippen molar-refractivity contribution in [2.24, 2.45) is 11.3 Å². The van der Waals surface area contributed by atoms with Crippen molar-refractivity contribution in [2.75, 3.05) is 39.3 Å². The molecule has 19 heavy (non-hydrogen) atoms. The van der Waals surface area contributed by atoms with E-state index in [-0.39, 0.29) is 0 Å². The van der Waals surface area contributed by atoms with Gasteiger partial charge in [-0.1, -0.05) is 34.6 Å². The highest BCUT2D eigenvalue weighted by atomic mass is 15.1. The standard InChI is InChI=1S/C15H30N2.C2H6/c1-4-16-9-5-15(6-10-16)7-11-17(12-8-15)13-14(2)3;1-2/h14H,4-13H2,1-3H3;1-2H3. The molecule has 0 saturated carbocycles. The van der Waals surface area contributed by atoms with Gasteiger partial charge in [0, 0.05) is 6.54 Å². The van der Waals surface area contributed by atoms with Crippen LogP contribution in [0.1, 0.15) is 60.3 Å². The first-order valence-electron chi connectivity index (χ1n) is 8.58. The van der Waals surface area contributed by atoms with Gasteiger partial charge in [0.15, 0.2) is 0 Å². The predicted molar refractivity (Wildman–Crippen MR) is 85.6 cm³/mol. The van der Waals surface area contributed by atoms with E-state index < -0.39 is 0 Å². The number of piperidine rings is 2. The number of nitrogens with zero attached hydrogens (tertiary/aromatic N) is 2. The SMILES string of the molecule is CC.CCN1CCC2(CC1)CCN(CC(C)C)CC2. The molecular formula is C17H36N2. The predicted octanol–water partition coefficient (Wildman–Crippen LogP) is 3.87. The summed E-state index contributed by atoms with van der Waals surface area (Å²) in [6.07, 6.45) is 5.82. The van der Waals surface area contributed by atoms with Crippen LogP contribution in [0.15, 0.2) is 0 Å². The van der Waals surface area contributed by atoms with Crippen LogP contribution in [0.3, 0.4) is 0 Å². The van der Waals surface area contributed by atoms with Gasteiger partial charge in [-0.2, -0.15) is 0 Å². The van der Waals surface area contributed by atoms with Gasteiger partial charge in [0.25, 0.3) is 0 Å². The Morgan fingerprint density at radius 3 is 1.63 bits per heavy atom. The lowest BCUT2D eigenvalue weighted by atomic mass is 9.71. The lowest BCUT2D eigenvalue weighted by Crippen LogP contribution is -2.47. The Labute approximate surface area is 121 Å². The molecule has 114 valence electrons. The minimum Gasteiger partial charge on any atom is -0.304 e. The summed E-state index contributed by atoms with van der Waals surface area (Å²) in [6, 6.07) is 0. The average molecular weight is 268 g/mol. The molecular weight excluding hydrogens is 232 g/mol. The van der Waals surface area contributed by atoms with E-state index in [1.54, 1.807) is 0 Å². The first-order chi connectivity index (χ1) is 9.13. The first-order valence-corrected chi connectivity index (χ1v) is 8.58. The maximum atomic E-state index is 2.68. The second kappa shape index (κ2) is 8.26. The normalized spacial score (nSPS) is 24.3. The van der Waals surface area contributed by atoms with Gasteiger partial charge in [0.05, 0.1) is 0 Å². The molecule has 2 nitrogen and oxygen atoms in total. The molecule has 2 fully saturated rings. The minimum atomic E-state index is 0.721. The zero-order chi connectivity index (χ0) is 14.3. The van der Waals surface area contributed by atoms with Crippen molar-refractivity contribution in [1.29, 1.82) is 0 Å². The lowest BCUT2D eigenvalue weighted by Gasteiger charge is -2.47. The molecule has 2 aliphatic rings. The van der Waals surface area contributed by atoms with Crippen LogP contribution in [0.25, 0.3) is 0 Å². The van der Waals surface area contributed by atoms with Crippen LogP contribution in [0.2, 0.25) is 0 Å². The molecule has 2 heterocycles. The number of likely N-dealkylation sites (tertiary alicyclic amines) is 2.